The Labute approximate surface area is 245 Å². The molecule has 2 unspecified atom stereocenters. The summed E-state index contributed by atoms with van der Waals surface area (Å²) in [5, 5.41) is 11.5. The zero-order valence-corrected chi connectivity index (χ0v) is 23.9. The van der Waals surface area contributed by atoms with E-state index in [9.17, 15) is 4.79 Å². The second kappa shape index (κ2) is 11.7. The van der Waals surface area contributed by atoms with Crippen LogP contribution in [0.15, 0.2) is 55.0 Å². The van der Waals surface area contributed by atoms with Gasteiger partial charge in [0.2, 0.25) is 0 Å². The minimum Gasteiger partial charge on any atom is -0.371 e. The van der Waals surface area contributed by atoms with Crippen LogP contribution in [0.4, 0.5) is 16.3 Å². The van der Waals surface area contributed by atoms with Crippen LogP contribution in [0, 0.1) is 0 Å². The molecule has 4 aromatic rings. The van der Waals surface area contributed by atoms with E-state index in [2.05, 4.69) is 36.2 Å². The SMILES string of the molecule is CCNC(=O)Nc1ccc(-c2nc(N3CC4CCC(C3)O4)c3cnn(C4CCN(Cc5cccnc5)CC4)c3n2)cc1. The molecule has 0 aliphatic carbocycles. The lowest BCUT2D eigenvalue weighted by Crippen LogP contribution is -2.43. The highest BCUT2D eigenvalue weighted by molar-refractivity contribution is 5.90. The van der Waals surface area contributed by atoms with Gasteiger partial charge >= 0.3 is 6.03 Å². The van der Waals surface area contributed by atoms with Crippen LogP contribution in [0.25, 0.3) is 22.4 Å². The quantitative estimate of drug-likeness (QED) is 0.341. The highest BCUT2D eigenvalue weighted by Crippen LogP contribution is 2.35. The number of fused-ring (bicyclic) bond motifs is 3. The van der Waals surface area contributed by atoms with Gasteiger partial charge in [-0.15, -0.1) is 0 Å². The van der Waals surface area contributed by atoms with Crippen molar-refractivity contribution in [3.05, 3.63) is 60.6 Å². The van der Waals surface area contributed by atoms with Crippen LogP contribution in [0.3, 0.4) is 0 Å². The molecule has 11 nitrogen and oxygen atoms in total. The molecular weight excluding hydrogens is 530 g/mol. The summed E-state index contributed by atoms with van der Waals surface area (Å²) < 4.78 is 8.27. The largest absolute Gasteiger partial charge is 0.371 e. The third-order valence-electron chi connectivity index (χ3n) is 8.55. The molecular formula is C31H37N9O2. The summed E-state index contributed by atoms with van der Waals surface area (Å²) in [7, 11) is 0. The number of anilines is 2. The van der Waals surface area contributed by atoms with Crippen LogP contribution in [0.2, 0.25) is 0 Å². The van der Waals surface area contributed by atoms with E-state index in [0.29, 0.717) is 12.4 Å². The first-order valence-electron chi connectivity index (χ1n) is 15.0. The number of piperidine rings is 1. The van der Waals surface area contributed by atoms with Crippen molar-refractivity contribution in [2.45, 2.75) is 57.4 Å². The molecule has 7 rings (SSSR count). The molecule has 1 aromatic carbocycles. The minimum atomic E-state index is -0.220. The summed E-state index contributed by atoms with van der Waals surface area (Å²) in [6.07, 6.45) is 10.4. The maximum absolute atomic E-state index is 12.0. The van der Waals surface area contributed by atoms with Crippen molar-refractivity contribution < 1.29 is 9.53 Å². The smallest absolute Gasteiger partial charge is 0.319 e. The van der Waals surface area contributed by atoms with Crippen LogP contribution >= 0.6 is 0 Å². The predicted molar refractivity (Wildman–Crippen MR) is 161 cm³/mol. The summed E-state index contributed by atoms with van der Waals surface area (Å²) in [5.74, 6) is 1.59. The van der Waals surface area contributed by atoms with Gasteiger partial charge in [0, 0.05) is 62.9 Å². The number of benzene rings is 1. The number of amides is 2. The molecule has 42 heavy (non-hydrogen) atoms. The van der Waals surface area contributed by atoms with E-state index in [4.69, 9.17) is 19.8 Å². The first-order chi connectivity index (χ1) is 20.6. The van der Waals surface area contributed by atoms with Crippen LogP contribution in [-0.2, 0) is 11.3 Å². The molecule has 3 fully saturated rings. The molecule has 11 heteroatoms. The number of hydrogen-bond acceptors (Lipinski definition) is 8. The third kappa shape index (κ3) is 5.54. The summed E-state index contributed by atoms with van der Waals surface area (Å²) in [4.78, 5) is 31.3. The number of likely N-dealkylation sites (tertiary alicyclic amines) is 1. The highest BCUT2D eigenvalue weighted by Gasteiger charge is 2.36. The van der Waals surface area contributed by atoms with Crippen LogP contribution in [0.5, 0.6) is 0 Å². The molecule has 6 heterocycles. The number of hydrogen-bond donors (Lipinski definition) is 2. The van der Waals surface area contributed by atoms with Crippen LogP contribution in [-0.4, -0.2) is 80.6 Å². The van der Waals surface area contributed by atoms with E-state index >= 15 is 0 Å². The van der Waals surface area contributed by atoms with Gasteiger partial charge in [-0.2, -0.15) is 5.10 Å². The summed E-state index contributed by atoms with van der Waals surface area (Å²) in [6.45, 7) is 7.04. The van der Waals surface area contributed by atoms with Crippen molar-refractivity contribution in [1.82, 2.24) is 34.9 Å². The topological polar surface area (TPSA) is 113 Å². The molecule has 3 aliphatic heterocycles. The van der Waals surface area contributed by atoms with Crippen molar-refractivity contribution in [3.8, 4) is 11.4 Å². The Hall–Kier alpha value is -4.09. The normalized spacial score (nSPS) is 21.1. The Morgan fingerprint density at radius 1 is 1.00 bits per heavy atom. The zero-order valence-electron chi connectivity index (χ0n) is 23.9. The molecule has 2 N–H and O–H groups in total. The molecule has 2 bridgehead atoms. The number of urea groups is 1. The minimum absolute atomic E-state index is 0.220. The molecule has 3 saturated heterocycles. The van der Waals surface area contributed by atoms with Crippen molar-refractivity contribution in [3.63, 3.8) is 0 Å². The second-order valence-electron chi connectivity index (χ2n) is 11.5. The molecule has 0 radical (unpaired) electrons. The van der Waals surface area contributed by atoms with Gasteiger partial charge in [0.05, 0.1) is 29.8 Å². The van der Waals surface area contributed by atoms with E-state index in [-0.39, 0.29) is 24.3 Å². The van der Waals surface area contributed by atoms with E-state index in [1.165, 1.54) is 5.56 Å². The van der Waals surface area contributed by atoms with Crippen molar-refractivity contribution >= 4 is 28.6 Å². The van der Waals surface area contributed by atoms with E-state index in [1.54, 1.807) is 0 Å². The standard InChI is InChI=1S/C31H37N9O2/c1-2-33-31(41)35-23-7-5-22(6-8-23)28-36-29(39-19-25-9-10-26(20-39)42-25)27-17-34-40(30(27)37-28)24-11-14-38(15-12-24)18-21-4-3-13-32-16-21/h3-8,13,16-17,24-26H,2,9-12,14-15,18-20H2,1H3,(H2,33,35,41). The molecule has 3 aromatic heterocycles. The van der Waals surface area contributed by atoms with Gasteiger partial charge in [0.25, 0.3) is 0 Å². The van der Waals surface area contributed by atoms with Crippen molar-refractivity contribution in [1.29, 1.82) is 0 Å². The fraction of sp³-hybridized carbons (Fsp3) is 0.452. The van der Waals surface area contributed by atoms with Crippen LogP contribution < -0.4 is 15.5 Å². The Kier molecular flexibility index (Phi) is 7.43. The first kappa shape index (κ1) is 26.8. The monoisotopic (exact) mass is 567 g/mol. The maximum Gasteiger partial charge on any atom is 0.319 e. The lowest BCUT2D eigenvalue weighted by molar-refractivity contribution is 0.0303. The molecule has 2 amide bonds. The number of ether oxygens (including phenoxy) is 1. The Morgan fingerprint density at radius 2 is 1.79 bits per heavy atom. The zero-order chi connectivity index (χ0) is 28.5. The van der Waals surface area contributed by atoms with Crippen molar-refractivity contribution in [2.24, 2.45) is 0 Å². The Balaban J connectivity index is 1.18. The lowest BCUT2D eigenvalue weighted by atomic mass is 10.0. The number of rotatable bonds is 7. The van der Waals surface area contributed by atoms with E-state index < -0.39 is 0 Å². The maximum atomic E-state index is 12.0. The average molecular weight is 568 g/mol. The Morgan fingerprint density at radius 3 is 2.50 bits per heavy atom. The Bertz CT molecular complexity index is 1520. The number of carbonyl (C=O) groups excluding carboxylic acids is 1. The lowest BCUT2D eigenvalue weighted by Gasteiger charge is -2.33. The predicted octanol–water partition coefficient (Wildman–Crippen LogP) is 4.23. The first-order valence-corrected chi connectivity index (χ1v) is 15.0. The summed E-state index contributed by atoms with van der Waals surface area (Å²) in [6, 6.07) is 11.9. The summed E-state index contributed by atoms with van der Waals surface area (Å²) >= 11 is 0. The molecule has 3 aliphatic rings. The highest BCUT2D eigenvalue weighted by atomic mass is 16.5. The number of aromatic nitrogens is 5. The van der Waals surface area contributed by atoms with Gasteiger partial charge in [-0.05, 0) is 68.5 Å². The number of nitrogens with one attached hydrogen (secondary N) is 2. The van der Waals surface area contributed by atoms with Gasteiger partial charge < -0.3 is 20.3 Å². The van der Waals surface area contributed by atoms with Gasteiger partial charge in [0.15, 0.2) is 11.5 Å². The van der Waals surface area contributed by atoms with E-state index in [0.717, 1.165) is 86.5 Å². The van der Waals surface area contributed by atoms with Crippen molar-refractivity contribution in [2.75, 3.05) is 42.9 Å². The number of carbonyl (C=O) groups is 1. The van der Waals surface area contributed by atoms with Gasteiger partial charge in [-0.1, -0.05) is 6.07 Å². The number of nitrogens with zero attached hydrogens (tertiary/aromatic N) is 7. The third-order valence-corrected chi connectivity index (χ3v) is 8.55. The summed E-state index contributed by atoms with van der Waals surface area (Å²) in [5.41, 5.74) is 3.74. The number of morpholine rings is 1. The number of pyridine rings is 1. The molecule has 2 atom stereocenters. The van der Waals surface area contributed by atoms with Gasteiger partial charge in [0.1, 0.15) is 5.82 Å². The fourth-order valence-electron chi connectivity index (χ4n) is 6.45. The molecule has 218 valence electrons. The van der Waals surface area contributed by atoms with Gasteiger partial charge in [-0.25, -0.2) is 19.4 Å². The average Bonchev–Trinajstić information content (AvgIpc) is 3.60. The second-order valence-corrected chi connectivity index (χ2v) is 11.5. The van der Waals surface area contributed by atoms with E-state index in [1.807, 2.05) is 55.8 Å². The fourth-order valence-corrected chi connectivity index (χ4v) is 6.45. The van der Waals surface area contributed by atoms with Crippen LogP contribution in [0.1, 0.15) is 44.2 Å². The molecule has 0 saturated carbocycles. The molecule has 0 spiro atoms. The van der Waals surface area contributed by atoms with Gasteiger partial charge in [-0.3, -0.25) is 9.88 Å².